The molecule has 1 fully saturated rings. The average molecular weight is 389 g/mol. The van der Waals surface area contributed by atoms with Gasteiger partial charge in [0, 0.05) is 20.0 Å². The summed E-state index contributed by atoms with van der Waals surface area (Å²) in [5, 5.41) is 13.3. The van der Waals surface area contributed by atoms with Crippen LogP contribution in [0, 0.1) is 15.9 Å². The van der Waals surface area contributed by atoms with Crippen molar-refractivity contribution in [3.8, 4) is 0 Å². The summed E-state index contributed by atoms with van der Waals surface area (Å²) in [4.78, 5) is 33.6. The van der Waals surface area contributed by atoms with Crippen LogP contribution in [0.1, 0.15) is 13.8 Å². The van der Waals surface area contributed by atoms with E-state index in [4.69, 9.17) is 9.47 Å². The number of rotatable bonds is 3. The molecule has 0 amide bonds. The molecule has 1 aromatic rings. The Labute approximate surface area is 137 Å². The fourth-order valence-corrected chi connectivity index (χ4v) is 2.07. The zero-order valence-corrected chi connectivity index (χ0v) is 13.5. The molecule has 1 N–H and O–H groups in total. The van der Waals surface area contributed by atoms with Crippen molar-refractivity contribution in [2.75, 3.05) is 5.32 Å². The first kappa shape index (κ1) is 16.9. The number of ether oxygens (including phenoxy) is 2. The van der Waals surface area contributed by atoms with E-state index in [1.807, 2.05) is 0 Å². The second-order valence-corrected chi connectivity index (χ2v) is 5.78. The highest BCUT2D eigenvalue weighted by molar-refractivity contribution is 9.10. The van der Waals surface area contributed by atoms with Crippen LogP contribution in [0.3, 0.4) is 0 Å². The lowest BCUT2D eigenvalue weighted by Crippen LogP contribution is -2.42. The van der Waals surface area contributed by atoms with Crippen molar-refractivity contribution in [3.05, 3.63) is 44.3 Å². The number of nitro groups is 1. The van der Waals surface area contributed by atoms with Crippen LogP contribution in [0.4, 0.5) is 15.8 Å². The van der Waals surface area contributed by atoms with Gasteiger partial charge >= 0.3 is 11.9 Å². The highest BCUT2D eigenvalue weighted by atomic mass is 79.9. The Bertz CT molecular complexity index is 724. The number of cyclic esters (lactones) is 2. The van der Waals surface area contributed by atoms with Crippen LogP contribution >= 0.6 is 15.9 Å². The number of esters is 2. The Morgan fingerprint density at radius 2 is 1.87 bits per heavy atom. The van der Waals surface area contributed by atoms with Gasteiger partial charge in [0.15, 0.2) is 5.57 Å². The summed E-state index contributed by atoms with van der Waals surface area (Å²) in [5.74, 6) is -4.10. The minimum absolute atomic E-state index is 0.0288. The summed E-state index contributed by atoms with van der Waals surface area (Å²) in [6.07, 6.45) is 0.909. The topological polar surface area (TPSA) is 108 Å². The quantitative estimate of drug-likeness (QED) is 0.278. The highest BCUT2D eigenvalue weighted by Crippen LogP contribution is 2.31. The first-order valence-corrected chi connectivity index (χ1v) is 6.97. The van der Waals surface area contributed by atoms with Gasteiger partial charge in [-0.25, -0.2) is 14.0 Å². The monoisotopic (exact) mass is 388 g/mol. The van der Waals surface area contributed by atoms with E-state index in [0.717, 1.165) is 12.3 Å². The molecular formula is C13H10BrFN2O6. The summed E-state index contributed by atoms with van der Waals surface area (Å²) >= 11 is 2.89. The Hall–Kier alpha value is -2.49. The van der Waals surface area contributed by atoms with Gasteiger partial charge in [-0.05, 0) is 22.0 Å². The number of benzene rings is 1. The minimum atomic E-state index is -1.39. The van der Waals surface area contributed by atoms with Gasteiger partial charge in [-0.1, -0.05) is 0 Å². The van der Waals surface area contributed by atoms with Crippen LogP contribution in [0.5, 0.6) is 0 Å². The summed E-state index contributed by atoms with van der Waals surface area (Å²) in [7, 11) is 0. The van der Waals surface area contributed by atoms with E-state index < -0.39 is 39.7 Å². The van der Waals surface area contributed by atoms with E-state index >= 15 is 0 Å². The molecule has 1 aromatic carbocycles. The summed E-state index contributed by atoms with van der Waals surface area (Å²) in [6.45, 7) is 2.77. The standard InChI is InChI=1S/C13H10BrFN2O6/c1-13(2)22-11(18)6(12(19)23-13)5-16-9-3-7(14)8(15)4-10(9)17(20)21/h3-5,16H,1-2H3. The van der Waals surface area contributed by atoms with Gasteiger partial charge in [-0.2, -0.15) is 0 Å². The number of carbonyl (C=O) groups excluding carboxylic acids is 2. The molecule has 0 aliphatic carbocycles. The lowest BCUT2D eigenvalue weighted by atomic mass is 10.2. The number of hydrogen-bond acceptors (Lipinski definition) is 7. The van der Waals surface area contributed by atoms with Crippen molar-refractivity contribution in [1.29, 1.82) is 0 Å². The molecule has 0 atom stereocenters. The number of halogens is 2. The first-order valence-electron chi connectivity index (χ1n) is 6.17. The number of anilines is 1. The normalized spacial score (nSPS) is 16.4. The molecular weight excluding hydrogens is 379 g/mol. The molecule has 0 spiro atoms. The molecule has 0 saturated carbocycles. The van der Waals surface area contributed by atoms with Crippen molar-refractivity contribution in [3.63, 3.8) is 0 Å². The molecule has 2 rings (SSSR count). The maximum absolute atomic E-state index is 13.4. The third-order valence-corrected chi connectivity index (χ3v) is 3.33. The molecule has 0 bridgehead atoms. The summed E-state index contributed by atoms with van der Waals surface area (Å²) < 4.78 is 23.1. The maximum atomic E-state index is 13.4. The van der Waals surface area contributed by atoms with Crippen molar-refractivity contribution in [2.24, 2.45) is 0 Å². The first-order chi connectivity index (χ1) is 10.6. The minimum Gasteiger partial charge on any atom is -0.419 e. The Morgan fingerprint density at radius 3 is 2.39 bits per heavy atom. The third-order valence-electron chi connectivity index (χ3n) is 2.72. The number of nitrogens with zero attached hydrogens (tertiary/aromatic N) is 1. The van der Waals surface area contributed by atoms with Crippen LogP contribution in [-0.4, -0.2) is 22.6 Å². The predicted molar refractivity (Wildman–Crippen MR) is 78.7 cm³/mol. The van der Waals surface area contributed by atoms with Gasteiger partial charge in [0.2, 0.25) is 0 Å². The predicted octanol–water partition coefficient (Wildman–Crippen LogP) is 2.63. The zero-order chi connectivity index (χ0) is 17.4. The van der Waals surface area contributed by atoms with E-state index in [2.05, 4.69) is 21.2 Å². The third kappa shape index (κ3) is 3.65. The molecule has 122 valence electrons. The zero-order valence-electron chi connectivity index (χ0n) is 11.9. The van der Waals surface area contributed by atoms with Crippen LogP contribution < -0.4 is 5.32 Å². The summed E-state index contributed by atoms with van der Waals surface area (Å²) in [5.41, 5.74) is -1.17. The Balaban J connectivity index is 2.33. The smallest absolute Gasteiger partial charge is 0.350 e. The van der Waals surface area contributed by atoms with Crippen LogP contribution in [-0.2, 0) is 19.1 Å². The van der Waals surface area contributed by atoms with Gasteiger partial charge in [0.1, 0.15) is 11.5 Å². The molecule has 23 heavy (non-hydrogen) atoms. The van der Waals surface area contributed by atoms with E-state index in [9.17, 15) is 24.1 Å². The molecule has 1 heterocycles. The van der Waals surface area contributed by atoms with E-state index in [-0.39, 0.29) is 10.2 Å². The van der Waals surface area contributed by atoms with E-state index in [1.54, 1.807) is 0 Å². The number of nitro benzene ring substituents is 1. The lowest BCUT2D eigenvalue weighted by Gasteiger charge is -2.29. The van der Waals surface area contributed by atoms with Gasteiger partial charge in [0.05, 0.1) is 15.5 Å². The molecule has 0 unspecified atom stereocenters. The highest BCUT2D eigenvalue weighted by Gasteiger charge is 2.39. The van der Waals surface area contributed by atoms with Gasteiger partial charge in [-0.3, -0.25) is 10.1 Å². The Kier molecular flexibility index (Phi) is 4.37. The number of nitrogens with one attached hydrogen (secondary N) is 1. The van der Waals surface area contributed by atoms with E-state index in [1.165, 1.54) is 13.8 Å². The van der Waals surface area contributed by atoms with Crippen molar-refractivity contribution in [2.45, 2.75) is 19.6 Å². The molecule has 1 aliphatic rings. The molecule has 8 nitrogen and oxygen atoms in total. The van der Waals surface area contributed by atoms with Crippen LogP contribution in [0.2, 0.25) is 0 Å². The SMILES string of the molecule is CC1(C)OC(=O)C(=CNc2cc(Br)c(F)cc2[N+](=O)[O-])C(=O)O1. The molecule has 10 heteroatoms. The molecule has 1 aliphatic heterocycles. The largest absolute Gasteiger partial charge is 0.419 e. The van der Waals surface area contributed by atoms with Crippen molar-refractivity contribution in [1.82, 2.24) is 0 Å². The average Bonchev–Trinajstić information content (AvgIpc) is 2.39. The van der Waals surface area contributed by atoms with Crippen molar-refractivity contribution < 1.29 is 28.4 Å². The number of carbonyl (C=O) groups is 2. The fourth-order valence-electron chi connectivity index (χ4n) is 1.73. The molecule has 0 aromatic heterocycles. The van der Waals surface area contributed by atoms with Crippen LogP contribution in [0.15, 0.2) is 28.4 Å². The second kappa shape index (κ2) is 5.95. The van der Waals surface area contributed by atoms with Crippen molar-refractivity contribution >= 4 is 39.2 Å². The number of hydrogen-bond donors (Lipinski definition) is 1. The van der Waals surface area contributed by atoms with E-state index in [0.29, 0.717) is 6.07 Å². The van der Waals surface area contributed by atoms with Gasteiger partial charge < -0.3 is 14.8 Å². The summed E-state index contributed by atoms with van der Waals surface area (Å²) in [6, 6.07) is 1.81. The fraction of sp³-hybridized carbons (Fsp3) is 0.231. The van der Waals surface area contributed by atoms with Crippen LogP contribution in [0.25, 0.3) is 0 Å². The lowest BCUT2D eigenvalue weighted by molar-refractivity contribution is -0.384. The van der Waals surface area contributed by atoms with Gasteiger partial charge in [-0.15, -0.1) is 0 Å². The molecule has 0 radical (unpaired) electrons. The maximum Gasteiger partial charge on any atom is 0.350 e. The second-order valence-electron chi connectivity index (χ2n) is 4.92. The molecule has 1 saturated heterocycles. The van der Waals surface area contributed by atoms with Gasteiger partial charge in [0.25, 0.3) is 11.5 Å². The Morgan fingerprint density at radius 1 is 1.30 bits per heavy atom.